The Morgan fingerprint density at radius 3 is 2.69 bits per heavy atom. The number of hydrogen-bond acceptors (Lipinski definition) is 1. The molecule has 5 heteroatoms. The minimum Gasteiger partial charge on any atom is -0.481 e. The molecule has 1 fully saturated rings. The van der Waals surface area contributed by atoms with Crippen LogP contribution in [-0.4, -0.2) is 11.1 Å². The number of hydrogen-bond donors (Lipinski definition) is 1. The molecule has 1 aromatic rings. The van der Waals surface area contributed by atoms with Crippen LogP contribution in [0.3, 0.4) is 0 Å². The van der Waals surface area contributed by atoms with Crippen LogP contribution in [-0.2, 0) is 10.2 Å². The summed E-state index contributed by atoms with van der Waals surface area (Å²) in [6, 6.07) is 3.12. The Labute approximate surface area is 106 Å². The van der Waals surface area contributed by atoms with Gasteiger partial charge in [0.25, 0.3) is 0 Å². The van der Waals surface area contributed by atoms with E-state index >= 15 is 0 Å². The Morgan fingerprint density at radius 2 is 2.19 bits per heavy atom. The highest BCUT2D eigenvalue weighted by Crippen LogP contribution is 2.54. The zero-order chi connectivity index (χ0) is 11.9. The second kappa shape index (κ2) is 4.00. The van der Waals surface area contributed by atoms with E-state index in [-0.39, 0.29) is 6.42 Å². The van der Waals surface area contributed by atoms with Gasteiger partial charge in [-0.05, 0) is 40.9 Å². The van der Waals surface area contributed by atoms with Gasteiger partial charge in [-0.1, -0.05) is 11.6 Å². The van der Waals surface area contributed by atoms with E-state index in [0.717, 1.165) is 0 Å². The van der Waals surface area contributed by atoms with Gasteiger partial charge < -0.3 is 5.11 Å². The van der Waals surface area contributed by atoms with Gasteiger partial charge in [0.2, 0.25) is 0 Å². The predicted octanol–water partition coefficient (Wildman–Crippen LogP) is 3.75. The highest BCUT2D eigenvalue weighted by Gasteiger charge is 2.49. The summed E-state index contributed by atoms with van der Waals surface area (Å²) < 4.78 is 14.2. The van der Waals surface area contributed by atoms with Crippen LogP contribution in [0.1, 0.15) is 24.8 Å². The molecule has 1 aliphatic rings. The molecule has 0 heterocycles. The van der Waals surface area contributed by atoms with Gasteiger partial charge in [0.15, 0.2) is 0 Å². The number of carboxylic acid groups (broad SMARTS) is 1. The van der Waals surface area contributed by atoms with Crippen molar-refractivity contribution in [2.75, 3.05) is 0 Å². The van der Waals surface area contributed by atoms with Gasteiger partial charge in [-0.2, -0.15) is 0 Å². The van der Waals surface area contributed by atoms with E-state index in [1.165, 1.54) is 6.07 Å². The Hall–Kier alpha value is -0.610. The van der Waals surface area contributed by atoms with E-state index in [1.54, 1.807) is 6.07 Å². The molecule has 0 aromatic heterocycles. The zero-order valence-electron chi connectivity index (χ0n) is 8.27. The van der Waals surface area contributed by atoms with Gasteiger partial charge in [-0.15, -0.1) is 0 Å². The fraction of sp³-hybridized carbons (Fsp3) is 0.364. The maximum Gasteiger partial charge on any atom is 0.304 e. The molecule has 86 valence electrons. The molecule has 0 atom stereocenters. The Kier molecular flexibility index (Phi) is 2.97. The molecule has 0 radical (unpaired) electrons. The van der Waals surface area contributed by atoms with E-state index in [9.17, 15) is 9.18 Å². The summed E-state index contributed by atoms with van der Waals surface area (Å²) in [7, 11) is 0. The summed E-state index contributed by atoms with van der Waals surface area (Å²) in [5, 5.41) is 9.13. The fourth-order valence-corrected chi connectivity index (χ4v) is 2.65. The topological polar surface area (TPSA) is 37.3 Å². The molecule has 1 aromatic carbocycles. The van der Waals surface area contributed by atoms with Crippen LogP contribution in [0.15, 0.2) is 16.6 Å². The fourth-order valence-electron chi connectivity index (χ4n) is 1.97. The molecule has 1 N–H and O–H groups in total. The summed E-state index contributed by atoms with van der Waals surface area (Å²) in [5.41, 5.74) is -0.262. The minimum atomic E-state index is -0.923. The number of aliphatic carboxylic acids is 1. The quantitative estimate of drug-likeness (QED) is 0.864. The zero-order valence-corrected chi connectivity index (χ0v) is 10.6. The molecule has 16 heavy (non-hydrogen) atoms. The number of rotatable bonds is 3. The Balaban J connectivity index is 2.48. The summed E-state index contributed by atoms with van der Waals surface area (Å²) >= 11 is 9.04. The molecular formula is C11H9BrClFO2. The summed E-state index contributed by atoms with van der Waals surface area (Å²) in [6.07, 6.45) is 1.28. The highest BCUT2D eigenvalue weighted by atomic mass is 79.9. The largest absolute Gasteiger partial charge is 0.481 e. The first-order valence-corrected chi connectivity index (χ1v) is 5.99. The lowest BCUT2D eigenvalue weighted by Crippen LogP contribution is -2.15. The molecule has 0 amide bonds. The van der Waals surface area contributed by atoms with E-state index in [2.05, 4.69) is 15.9 Å². The summed E-state index contributed by atoms with van der Waals surface area (Å²) in [5.74, 6) is -1.36. The van der Waals surface area contributed by atoms with Crippen molar-refractivity contribution in [3.05, 3.63) is 33.0 Å². The third-order valence-electron chi connectivity index (χ3n) is 2.92. The van der Waals surface area contributed by atoms with Gasteiger partial charge in [-0.25, -0.2) is 4.39 Å². The SMILES string of the molecule is O=C(O)CC1(c2c(Cl)ccc(Br)c2F)CC1. The van der Waals surface area contributed by atoms with E-state index in [4.69, 9.17) is 16.7 Å². The first kappa shape index (κ1) is 11.9. The number of halogens is 3. The van der Waals surface area contributed by atoms with Gasteiger partial charge >= 0.3 is 5.97 Å². The lowest BCUT2D eigenvalue weighted by atomic mass is 9.92. The Morgan fingerprint density at radius 1 is 1.56 bits per heavy atom. The van der Waals surface area contributed by atoms with Crippen LogP contribution in [0.4, 0.5) is 4.39 Å². The number of benzene rings is 1. The first-order chi connectivity index (χ1) is 7.46. The molecule has 0 bridgehead atoms. The molecule has 0 aliphatic heterocycles. The van der Waals surface area contributed by atoms with Crippen molar-refractivity contribution in [3.8, 4) is 0 Å². The summed E-state index contributed by atoms with van der Waals surface area (Å²) in [4.78, 5) is 10.8. The van der Waals surface area contributed by atoms with Gasteiger partial charge in [0, 0.05) is 16.0 Å². The van der Waals surface area contributed by atoms with Crippen molar-refractivity contribution < 1.29 is 14.3 Å². The monoisotopic (exact) mass is 306 g/mol. The van der Waals surface area contributed by atoms with Crippen molar-refractivity contribution in [1.82, 2.24) is 0 Å². The normalized spacial score (nSPS) is 17.2. The lowest BCUT2D eigenvalue weighted by molar-refractivity contribution is -0.137. The van der Waals surface area contributed by atoms with Crippen molar-refractivity contribution in [3.63, 3.8) is 0 Å². The number of carbonyl (C=O) groups is 1. The van der Waals surface area contributed by atoms with Crippen LogP contribution in [0, 0.1) is 5.82 Å². The molecule has 1 saturated carbocycles. The van der Waals surface area contributed by atoms with Crippen LogP contribution < -0.4 is 0 Å². The van der Waals surface area contributed by atoms with Gasteiger partial charge in [-0.3, -0.25) is 4.79 Å². The van der Waals surface area contributed by atoms with Gasteiger partial charge in [0.1, 0.15) is 5.82 Å². The van der Waals surface area contributed by atoms with Crippen LogP contribution in [0.25, 0.3) is 0 Å². The Bertz CT molecular complexity index is 458. The third-order valence-corrected chi connectivity index (χ3v) is 3.84. The molecule has 1 aliphatic carbocycles. The lowest BCUT2D eigenvalue weighted by Gasteiger charge is -2.16. The maximum absolute atomic E-state index is 13.9. The maximum atomic E-state index is 13.9. The van der Waals surface area contributed by atoms with Crippen LogP contribution >= 0.6 is 27.5 Å². The van der Waals surface area contributed by atoms with Crippen LogP contribution in [0.2, 0.25) is 5.02 Å². The third kappa shape index (κ3) is 1.96. The smallest absolute Gasteiger partial charge is 0.304 e. The second-order valence-corrected chi connectivity index (χ2v) is 5.33. The molecule has 0 unspecified atom stereocenters. The average Bonchev–Trinajstić information content (AvgIpc) is 2.92. The van der Waals surface area contributed by atoms with Crippen molar-refractivity contribution in [2.24, 2.45) is 0 Å². The molecule has 2 rings (SSSR count). The molecular weight excluding hydrogens is 298 g/mol. The highest BCUT2D eigenvalue weighted by molar-refractivity contribution is 9.10. The van der Waals surface area contributed by atoms with Gasteiger partial charge in [0.05, 0.1) is 10.9 Å². The summed E-state index contributed by atoms with van der Waals surface area (Å²) in [6.45, 7) is 0. The van der Waals surface area contributed by atoms with E-state index < -0.39 is 17.2 Å². The molecule has 0 spiro atoms. The standard InChI is InChI=1S/C11H9BrClFO2/c12-6-1-2-7(13)9(10(6)14)11(3-4-11)5-8(15)16/h1-2H,3-5H2,(H,15,16). The van der Waals surface area contributed by atoms with Crippen molar-refractivity contribution in [2.45, 2.75) is 24.7 Å². The number of carboxylic acids is 1. The van der Waals surface area contributed by atoms with E-state index in [0.29, 0.717) is 27.9 Å². The van der Waals surface area contributed by atoms with E-state index in [1.807, 2.05) is 0 Å². The second-order valence-electron chi connectivity index (χ2n) is 4.07. The van der Waals surface area contributed by atoms with Crippen molar-refractivity contribution >= 4 is 33.5 Å². The van der Waals surface area contributed by atoms with Crippen molar-refractivity contribution in [1.29, 1.82) is 0 Å². The van der Waals surface area contributed by atoms with Crippen LogP contribution in [0.5, 0.6) is 0 Å². The predicted molar refractivity (Wildman–Crippen MR) is 62.3 cm³/mol. The average molecular weight is 308 g/mol. The first-order valence-electron chi connectivity index (χ1n) is 4.82. The minimum absolute atomic E-state index is 0.0694. The molecule has 2 nitrogen and oxygen atoms in total. The molecule has 0 saturated heterocycles.